The van der Waals surface area contributed by atoms with E-state index < -0.39 is 14.2 Å². The number of carbonyl (C=O) groups is 2. The number of pyridine rings is 2. The summed E-state index contributed by atoms with van der Waals surface area (Å²) in [6.45, 7) is 13.3. The van der Waals surface area contributed by atoms with E-state index in [9.17, 15) is 9.59 Å². The number of carbonyl (C=O) groups excluding carboxylic acids is 1. The molecule has 0 aliphatic carbocycles. The van der Waals surface area contributed by atoms with Crippen LogP contribution in [-0.2, 0) is 22.7 Å². The zero-order valence-electron chi connectivity index (χ0n) is 28.7. The Labute approximate surface area is 288 Å². The van der Waals surface area contributed by atoms with E-state index in [2.05, 4.69) is 61.8 Å². The molecule has 5 heterocycles. The topological polar surface area (TPSA) is 134 Å². The van der Waals surface area contributed by atoms with E-state index in [0.29, 0.717) is 44.4 Å². The van der Waals surface area contributed by atoms with Crippen LogP contribution in [0.2, 0.25) is 25.7 Å². The predicted molar refractivity (Wildman–Crippen MR) is 194 cm³/mol. The van der Waals surface area contributed by atoms with Gasteiger partial charge in [0.15, 0.2) is 0 Å². The van der Waals surface area contributed by atoms with Gasteiger partial charge in [0, 0.05) is 70.4 Å². The maximum Gasteiger partial charge on any atom is 0.404 e. The molecule has 49 heavy (non-hydrogen) atoms. The molecule has 260 valence electrons. The number of benzene rings is 1. The Hall–Kier alpha value is -4.30. The molecule has 0 saturated carbocycles. The fraction of sp³-hybridized carbons (Fsp3) is 0.444. The predicted octanol–water partition coefficient (Wildman–Crippen LogP) is 5.73. The number of nitrogens with zero attached hydrogens (tertiary/aromatic N) is 5. The molecule has 3 aromatic heterocycles. The zero-order valence-corrected chi connectivity index (χ0v) is 29.7. The molecule has 13 heteroatoms. The fourth-order valence-electron chi connectivity index (χ4n) is 6.48. The highest BCUT2D eigenvalue weighted by Gasteiger charge is 2.23. The first-order valence-corrected chi connectivity index (χ1v) is 20.8. The molecule has 1 unspecified atom stereocenters. The molecule has 12 nitrogen and oxygen atoms in total. The van der Waals surface area contributed by atoms with Gasteiger partial charge in [0.2, 0.25) is 0 Å². The molecule has 3 N–H and O–H groups in total. The summed E-state index contributed by atoms with van der Waals surface area (Å²) in [5, 5.41) is 15.8. The molecule has 4 aromatic rings. The van der Waals surface area contributed by atoms with Crippen LogP contribution in [0.1, 0.15) is 28.9 Å². The van der Waals surface area contributed by atoms with Gasteiger partial charge < -0.3 is 34.7 Å². The summed E-state index contributed by atoms with van der Waals surface area (Å²) in [6.07, 6.45) is 4.26. The van der Waals surface area contributed by atoms with Crippen LogP contribution in [-0.4, -0.2) is 96.7 Å². The number of nitrogens with one attached hydrogen (secondary N) is 2. The number of ether oxygens (including phenoxy) is 2. The van der Waals surface area contributed by atoms with Gasteiger partial charge in [0.25, 0.3) is 5.91 Å². The molecule has 6 rings (SSSR count). The van der Waals surface area contributed by atoms with E-state index in [1.165, 1.54) is 0 Å². The highest BCUT2D eigenvalue weighted by molar-refractivity contribution is 6.76. The maximum atomic E-state index is 13.3. The summed E-state index contributed by atoms with van der Waals surface area (Å²) in [6, 6.07) is 16.8. The maximum absolute atomic E-state index is 13.3. The summed E-state index contributed by atoms with van der Waals surface area (Å²) < 4.78 is 14.1. The molecule has 0 radical (unpaired) electrons. The SMILES string of the molecule is C[Si](C)(C)CCOCn1c(-c2ccc(NC(=O)c3cc(CN4CCCC(NC(=O)O)C4)ccn3)cc2)cc2c(N3CCOCC3)nccc21. The van der Waals surface area contributed by atoms with Crippen LogP contribution in [0.4, 0.5) is 16.3 Å². The largest absolute Gasteiger partial charge is 0.465 e. The molecule has 0 spiro atoms. The first-order valence-electron chi connectivity index (χ1n) is 17.1. The second-order valence-corrected chi connectivity index (χ2v) is 19.7. The summed E-state index contributed by atoms with van der Waals surface area (Å²) >= 11 is 0. The second-order valence-electron chi connectivity index (χ2n) is 14.1. The van der Waals surface area contributed by atoms with E-state index in [1.807, 2.05) is 36.5 Å². The Kier molecular flexibility index (Phi) is 10.9. The van der Waals surface area contributed by atoms with Gasteiger partial charge in [-0.25, -0.2) is 9.78 Å². The average Bonchev–Trinajstić information content (AvgIpc) is 3.45. The van der Waals surface area contributed by atoms with Gasteiger partial charge in [-0.05, 0) is 73.0 Å². The number of piperidine rings is 1. The molecule has 1 aromatic carbocycles. The Balaban J connectivity index is 1.17. The van der Waals surface area contributed by atoms with E-state index in [0.717, 1.165) is 78.7 Å². The van der Waals surface area contributed by atoms with Gasteiger partial charge >= 0.3 is 6.09 Å². The zero-order chi connectivity index (χ0) is 34.4. The molecule has 0 bridgehead atoms. The van der Waals surface area contributed by atoms with Crippen molar-refractivity contribution < 1.29 is 24.2 Å². The molecule has 2 fully saturated rings. The van der Waals surface area contributed by atoms with E-state index in [4.69, 9.17) is 19.6 Å². The minimum Gasteiger partial charge on any atom is -0.465 e. The highest BCUT2D eigenvalue weighted by Crippen LogP contribution is 2.34. The number of likely N-dealkylation sites (tertiary alicyclic amines) is 1. The lowest BCUT2D eigenvalue weighted by Gasteiger charge is -2.32. The third kappa shape index (κ3) is 9.04. The second kappa shape index (κ2) is 15.5. The normalized spacial score (nSPS) is 17.3. The average molecular weight is 686 g/mol. The van der Waals surface area contributed by atoms with Crippen LogP contribution in [0.15, 0.2) is 60.9 Å². The van der Waals surface area contributed by atoms with E-state index >= 15 is 0 Å². The van der Waals surface area contributed by atoms with Gasteiger partial charge in [-0.3, -0.25) is 14.7 Å². The molecular weight excluding hydrogens is 639 g/mol. The summed E-state index contributed by atoms with van der Waals surface area (Å²) in [5.74, 6) is 0.670. The van der Waals surface area contributed by atoms with Gasteiger partial charge in [-0.15, -0.1) is 0 Å². The molecular formula is C36H47N7O5Si. The number of morpholine rings is 1. The first-order chi connectivity index (χ1) is 23.6. The Morgan fingerprint density at radius 3 is 2.55 bits per heavy atom. The van der Waals surface area contributed by atoms with Crippen molar-refractivity contribution in [1.29, 1.82) is 0 Å². The number of fused-ring (bicyclic) bond motifs is 1. The molecule has 1 atom stereocenters. The van der Waals surface area contributed by atoms with Gasteiger partial charge in [0.05, 0.1) is 24.4 Å². The Morgan fingerprint density at radius 1 is 1.02 bits per heavy atom. The minimum absolute atomic E-state index is 0.0916. The number of amides is 2. The number of anilines is 2. The van der Waals surface area contributed by atoms with Crippen molar-refractivity contribution in [2.24, 2.45) is 0 Å². The van der Waals surface area contributed by atoms with E-state index in [1.54, 1.807) is 12.3 Å². The Bertz CT molecular complexity index is 1750. The van der Waals surface area contributed by atoms with Crippen LogP contribution in [0.25, 0.3) is 22.2 Å². The molecule has 2 amide bonds. The van der Waals surface area contributed by atoms with Crippen molar-refractivity contribution in [1.82, 2.24) is 24.8 Å². The highest BCUT2D eigenvalue weighted by atomic mass is 28.3. The van der Waals surface area contributed by atoms with Crippen molar-refractivity contribution in [3.63, 3.8) is 0 Å². The van der Waals surface area contributed by atoms with Crippen molar-refractivity contribution >= 4 is 42.5 Å². The lowest BCUT2D eigenvalue weighted by molar-refractivity contribution is 0.0912. The van der Waals surface area contributed by atoms with Crippen LogP contribution in [0, 0.1) is 0 Å². The summed E-state index contributed by atoms with van der Waals surface area (Å²) in [5.41, 5.74) is 5.06. The van der Waals surface area contributed by atoms with E-state index in [-0.39, 0.29) is 11.9 Å². The number of hydrogen-bond donors (Lipinski definition) is 3. The molecule has 2 aliphatic heterocycles. The summed E-state index contributed by atoms with van der Waals surface area (Å²) in [4.78, 5) is 38.0. The lowest BCUT2D eigenvalue weighted by atomic mass is 10.0. The fourth-order valence-corrected chi connectivity index (χ4v) is 7.23. The van der Waals surface area contributed by atoms with Crippen molar-refractivity contribution in [3.8, 4) is 11.3 Å². The third-order valence-corrected chi connectivity index (χ3v) is 10.8. The van der Waals surface area contributed by atoms with Crippen molar-refractivity contribution in [2.75, 3.05) is 56.2 Å². The van der Waals surface area contributed by atoms with Gasteiger partial charge in [-0.1, -0.05) is 31.8 Å². The number of carboxylic acid groups (broad SMARTS) is 1. The Morgan fingerprint density at radius 2 is 1.80 bits per heavy atom. The van der Waals surface area contributed by atoms with Crippen LogP contribution < -0.4 is 15.5 Å². The number of hydrogen-bond acceptors (Lipinski definition) is 8. The van der Waals surface area contributed by atoms with Gasteiger partial charge in [0.1, 0.15) is 18.2 Å². The quantitative estimate of drug-likeness (QED) is 0.126. The minimum atomic E-state index is -1.23. The van der Waals surface area contributed by atoms with Crippen LogP contribution in [0.5, 0.6) is 0 Å². The lowest BCUT2D eigenvalue weighted by Crippen LogP contribution is -2.46. The number of rotatable bonds is 12. The van der Waals surface area contributed by atoms with Crippen LogP contribution >= 0.6 is 0 Å². The smallest absolute Gasteiger partial charge is 0.404 e. The third-order valence-electron chi connectivity index (χ3n) is 9.07. The van der Waals surface area contributed by atoms with Gasteiger partial charge in [-0.2, -0.15) is 0 Å². The summed E-state index contributed by atoms with van der Waals surface area (Å²) in [7, 11) is -1.23. The first kappa shape index (κ1) is 34.6. The number of aromatic nitrogens is 3. The monoisotopic (exact) mass is 685 g/mol. The molecule has 2 aliphatic rings. The molecule has 2 saturated heterocycles. The standard InChI is InChI=1S/C36H47N7O5Si/c1-49(2,3)20-19-48-25-43-32-11-13-38-34(42-15-17-47-18-16-42)30(32)22-33(43)27-6-8-28(9-7-27)39-35(44)31-21-26(10-12-37-31)23-41-14-4-5-29(24-41)40-36(45)46/h6-13,21-22,29,40H,4-5,14-20,23-25H2,1-3H3,(H,39,44)(H,45,46). The van der Waals surface area contributed by atoms with Crippen LogP contribution in [0.3, 0.4) is 0 Å². The van der Waals surface area contributed by atoms with Crippen molar-refractivity contribution in [2.45, 2.75) is 57.8 Å². The van der Waals surface area contributed by atoms with Crippen molar-refractivity contribution in [3.05, 3.63) is 72.2 Å².